The van der Waals surface area contributed by atoms with Crippen molar-refractivity contribution in [1.29, 1.82) is 0 Å². The van der Waals surface area contributed by atoms with Gasteiger partial charge in [0.25, 0.3) is 0 Å². The second-order valence-corrected chi connectivity index (χ2v) is 4.93. The molecule has 1 fully saturated rings. The van der Waals surface area contributed by atoms with Crippen molar-refractivity contribution in [2.45, 2.75) is 19.8 Å². The third kappa shape index (κ3) is 2.61. The first-order valence-electron chi connectivity index (χ1n) is 5.20. The van der Waals surface area contributed by atoms with Gasteiger partial charge < -0.3 is 4.74 Å². The molecule has 0 N–H and O–H groups in total. The van der Waals surface area contributed by atoms with E-state index in [0.717, 1.165) is 0 Å². The van der Waals surface area contributed by atoms with Crippen LogP contribution in [0, 0.1) is 11.7 Å². The third-order valence-corrected chi connectivity index (χ3v) is 3.14. The zero-order valence-electron chi connectivity index (χ0n) is 8.93. The lowest BCUT2D eigenvalue weighted by molar-refractivity contribution is 0.101. The number of hydrogen-bond donors (Lipinski definition) is 0. The average Bonchev–Trinajstić information content (AvgIpc) is 2.98. The van der Waals surface area contributed by atoms with Gasteiger partial charge >= 0.3 is 0 Å². The van der Waals surface area contributed by atoms with Crippen LogP contribution < -0.4 is 4.74 Å². The van der Waals surface area contributed by atoms with Gasteiger partial charge in [-0.2, -0.15) is 0 Å². The number of halogens is 2. The van der Waals surface area contributed by atoms with E-state index in [4.69, 9.17) is 4.74 Å². The average molecular weight is 287 g/mol. The van der Waals surface area contributed by atoms with Crippen molar-refractivity contribution in [2.24, 2.45) is 5.92 Å². The Labute approximate surface area is 102 Å². The fourth-order valence-electron chi connectivity index (χ4n) is 1.45. The summed E-state index contributed by atoms with van der Waals surface area (Å²) in [6, 6.07) is 2.53. The van der Waals surface area contributed by atoms with Crippen LogP contribution in [-0.2, 0) is 0 Å². The second-order valence-electron chi connectivity index (χ2n) is 4.07. The van der Waals surface area contributed by atoms with Crippen molar-refractivity contribution in [1.82, 2.24) is 0 Å². The van der Waals surface area contributed by atoms with Gasteiger partial charge in [0, 0.05) is 0 Å². The first-order chi connectivity index (χ1) is 7.58. The van der Waals surface area contributed by atoms with Crippen LogP contribution in [0.5, 0.6) is 5.75 Å². The van der Waals surface area contributed by atoms with Crippen molar-refractivity contribution in [3.05, 3.63) is 28.0 Å². The lowest BCUT2D eigenvalue weighted by Gasteiger charge is -2.11. The number of benzene rings is 1. The Morgan fingerprint density at radius 3 is 2.81 bits per heavy atom. The van der Waals surface area contributed by atoms with Crippen LogP contribution in [0.2, 0.25) is 0 Å². The molecule has 0 unspecified atom stereocenters. The quantitative estimate of drug-likeness (QED) is 0.791. The van der Waals surface area contributed by atoms with Gasteiger partial charge in [0.05, 0.1) is 16.6 Å². The van der Waals surface area contributed by atoms with Gasteiger partial charge in [0.2, 0.25) is 0 Å². The zero-order valence-corrected chi connectivity index (χ0v) is 10.5. The van der Waals surface area contributed by atoms with Gasteiger partial charge in [-0.15, -0.1) is 0 Å². The zero-order chi connectivity index (χ0) is 11.7. The summed E-state index contributed by atoms with van der Waals surface area (Å²) >= 11 is 3.22. The molecule has 2 rings (SSSR count). The number of ether oxygens (including phenoxy) is 1. The number of carbonyl (C=O) groups is 1. The molecule has 0 saturated heterocycles. The summed E-state index contributed by atoms with van der Waals surface area (Å²) < 4.78 is 19.2. The fourth-order valence-corrected chi connectivity index (χ4v) is 2.00. The molecule has 1 saturated carbocycles. The summed E-state index contributed by atoms with van der Waals surface area (Å²) in [5.74, 6) is 0.430. The maximum atomic E-state index is 13.1. The molecule has 1 aromatic carbocycles. The molecule has 1 aliphatic rings. The molecule has 16 heavy (non-hydrogen) atoms. The third-order valence-electron chi connectivity index (χ3n) is 2.55. The molecule has 0 radical (unpaired) electrons. The van der Waals surface area contributed by atoms with Crippen LogP contribution in [0.15, 0.2) is 16.6 Å². The highest BCUT2D eigenvalue weighted by Gasteiger charge is 2.23. The molecule has 0 atom stereocenters. The molecule has 1 aliphatic carbocycles. The van der Waals surface area contributed by atoms with Gasteiger partial charge in [-0.05, 0) is 53.7 Å². The largest absolute Gasteiger partial charge is 0.491 e. The number of carbonyl (C=O) groups excluding carboxylic acids is 1. The van der Waals surface area contributed by atoms with E-state index in [2.05, 4.69) is 15.9 Å². The Hall–Kier alpha value is -0.900. The lowest BCUT2D eigenvalue weighted by Crippen LogP contribution is -2.05. The summed E-state index contributed by atoms with van der Waals surface area (Å²) in [5, 5.41) is 0. The molecule has 1 aromatic rings. The van der Waals surface area contributed by atoms with Gasteiger partial charge in [0.1, 0.15) is 11.6 Å². The van der Waals surface area contributed by atoms with E-state index in [0.29, 0.717) is 28.3 Å². The van der Waals surface area contributed by atoms with Crippen LogP contribution in [0.1, 0.15) is 30.1 Å². The summed E-state index contributed by atoms with van der Waals surface area (Å²) in [4.78, 5) is 11.4. The molecule has 4 heteroatoms. The maximum Gasteiger partial charge on any atom is 0.163 e. The Kier molecular flexibility index (Phi) is 3.28. The Balaban J connectivity index is 2.27. The lowest BCUT2D eigenvalue weighted by atomic mass is 10.1. The van der Waals surface area contributed by atoms with E-state index >= 15 is 0 Å². The molecular formula is C12H12BrFO2. The van der Waals surface area contributed by atoms with Gasteiger partial charge in [0.15, 0.2) is 5.78 Å². The van der Waals surface area contributed by atoms with Gasteiger partial charge in [-0.25, -0.2) is 4.39 Å². The summed E-state index contributed by atoms with van der Waals surface area (Å²) in [5.41, 5.74) is 0.299. The minimum absolute atomic E-state index is 0.189. The van der Waals surface area contributed by atoms with Gasteiger partial charge in [-0.1, -0.05) is 0 Å². The predicted octanol–water partition coefficient (Wildman–Crippen LogP) is 3.58. The SMILES string of the molecule is CC(=O)c1cc(F)cc(Br)c1OCC1CC1. The number of ketones is 1. The molecule has 86 valence electrons. The van der Waals surface area contributed by atoms with Crippen molar-refractivity contribution in [2.75, 3.05) is 6.61 Å². The first kappa shape index (κ1) is 11.6. The minimum atomic E-state index is -0.434. The molecule has 2 nitrogen and oxygen atoms in total. The minimum Gasteiger partial charge on any atom is -0.491 e. The van der Waals surface area contributed by atoms with Crippen LogP contribution >= 0.6 is 15.9 Å². The smallest absolute Gasteiger partial charge is 0.163 e. The van der Waals surface area contributed by atoms with E-state index in [-0.39, 0.29) is 5.78 Å². The predicted molar refractivity (Wildman–Crippen MR) is 62.3 cm³/mol. The summed E-state index contributed by atoms with van der Waals surface area (Å²) in [6.45, 7) is 2.01. The van der Waals surface area contributed by atoms with E-state index in [9.17, 15) is 9.18 Å². The molecule has 0 bridgehead atoms. The standard InChI is InChI=1S/C12H12BrFO2/c1-7(15)10-4-9(14)5-11(13)12(10)16-6-8-2-3-8/h4-5,8H,2-3,6H2,1H3. The van der Waals surface area contributed by atoms with E-state index in [1.54, 1.807) is 0 Å². The van der Waals surface area contributed by atoms with E-state index < -0.39 is 5.82 Å². The van der Waals surface area contributed by atoms with Crippen molar-refractivity contribution in [3.63, 3.8) is 0 Å². The highest BCUT2D eigenvalue weighted by molar-refractivity contribution is 9.10. The number of Topliss-reactive ketones (excluding diaryl/α,β-unsaturated/α-hetero) is 1. The highest BCUT2D eigenvalue weighted by atomic mass is 79.9. The fraction of sp³-hybridized carbons (Fsp3) is 0.417. The van der Waals surface area contributed by atoms with Crippen LogP contribution in [0.3, 0.4) is 0 Å². The van der Waals surface area contributed by atoms with Crippen molar-refractivity contribution >= 4 is 21.7 Å². The van der Waals surface area contributed by atoms with Crippen molar-refractivity contribution in [3.8, 4) is 5.75 Å². The van der Waals surface area contributed by atoms with E-state index in [1.807, 2.05) is 0 Å². The molecule has 0 heterocycles. The Morgan fingerprint density at radius 2 is 2.25 bits per heavy atom. The highest BCUT2D eigenvalue weighted by Crippen LogP contribution is 2.34. The second kappa shape index (κ2) is 4.53. The van der Waals surface area contributed by atoms with E-state index in [1.165, 1.54) is 31.9 Å². The molecule has 0 spiro atoms. The summed E-state index contributed by atoms with van der Waals surface area (Å²) in [6.07, 6.45) is 2.35. The first-order valence-corrected chi connectivity index (χ1v) is 6.00. The number of hydrogen-bond acceptors (Lipinski definition) is 2. The number of rotatable bonds is 4. The van der Waals surface area contributed by atoms with Gasteiger partial charge in [-0.3, -0.25) is 4.79 Å². The topological polar surface area (TPSA) is 26.3 Å². The maximum absolute atomic E-state index is 13.1. The molecule has 0 aliphatic heterocycles. The van der Waals surface area contributed by atoms with Crippen molar-refractivity contribution < 1.29 is 13.9 Å². The van der Waals surface area contributed by atoms with Crippen LogP contribution in [0.4, 0.5) is 4.39 Å². The summed E-state index contributed by atoms with van der Waals surface area (Å²) in [7, 11) is 0. The van der Waals surface area contributed by atoms with Crippen LogP contribution in [0.25, 0.3) is 0 Å². The van der Waals surface area contributed by atoms with Crippen LogP contribution in [-0.4, -0.2) is 12.4 Å². The molecular weight excluding hydrogens is 275 g/mol. The normalized spacial score (nSPS) is 14.9. The molecule has 0 aromatic heterocycles. The monoisotopic (exact) mass is 286 g/mol. The Morgan fingerprint density at radius 1 is 1.56 bits per heavy atom. The molecule has 0 amide bonds. The Bertz CT molecular complexity index is 427.